The SMILES string of the molecule is C=C(CCN(Cc1ccccc1)Cc1ccccc1)Oc1ccc2c(c1)c(-c1cccc(CO[Si](C)(C)C(C)(C)C)c1)nn2C1CCCCO1. The molecule has 0 amide bonds. The van der Waals surface area contributed by atoms with Gasteiger partial charge in [0.15, 0.2) is 14.5 Å². The first-order valence-corrected chi connectivity index (χ1v) is 21.0. The maximum absolute atomic E-state index is 6.59. The zero-order valence-corrected chi connectivity index (χ0v) is 31.5. The van der Waals surface area contributed by atoms with E-state index in [9.17, 15) is 0 Å². The molecule has 5 aromatic rings. The largest absolute Gasteiger partial charge is 0.462 e. The highest BCUT2D eigenvalue weighted by atomic mass is 28.4. The topological polar surface area (TPSA) is 48.8 Å². The lowest BCUT2D eigenvalue weighted by Gasteiger charge is -2.36. The van der Waals surface area contributed by atoms with Crippen LogP contribution in [0.5, 0.6) is 5.75 Å². The highest BCUT2D eigenvalue weighted by Crippen LogP contribution is 2.38. The van der Waals surface area contributed by atoms with Gasteiger partial charge in [-0.1, -0.05) is 106 Å². The summed E-state index contributed by atoms with van der Waals surface area (Å²) in [4.78, 5) is 2.45. The number of nitrogens with zero attached hydrogens (tertiary/aromatic N) is 3. The van der Waals surface area contributed by atoms with Crippen molar-refractivity contribution in [3.8, 4) is 17.0 Å². The minimum Gasteiger partial charge on any atom is -0.462 e. The summed E-state index contributed by atoms with van der Waals surface area (Å²) >= 11 is 0. The average Bonchev–Trinajstić information content (AvgIpc) is 3.50. The van der Waals surface area contributed by atoms with Crippen LogP contribution in [-0.2, 0) is 28.9 Å². The minimum absolute atomic E-state index is 0.0768. The second-order valence-corrected chi connectivity index (χ2v) is 19.9. The van der Waals surface area contributed by atoms with Crippen molar-refractivity contribution < 1.29 is 13.9 Å². The Hall–Kier alpha value is -4.01. The van der Waals surface area contributed by atoms with Gasteiger partial charge in [0.05, 0.1) is 17.9 Å². The van der Waals surface area contributed by atoms with Crippen LogP contribution in [0.25, 0.3) is 22.2 Å². The fourth-order valence-electron chi connectivity index (χ4n) is 6.22. The lowest BCUT2D eigenvalue weighted by atomic mass is 10.0. The minimum atomic E-state index is -1.89. The monoisotopic (exact) mass is 687 g/mol. The Morgan fingerprint density at radius 1 is 0.880 bits per heavy atom. The summed E-state index contributed by atoms with van der Waals surface area (Å²) in [5, 5.41) is 6.40. The summed E-state index contributed by atoms with van der Waals surface area (Å²) in [5.74, 6) is 1.51. The quantitative estimate of drug-likeness (QED) is 0.0859. The van der Waals surface area contributed by atoms with Crippen molar-refractivity contribution in [3.05, 3.63) is 132 Å². The van der Waals surface area contributed by atoms with Gasteiger partial charge in [-0.3, -0.25) is 4.90 Å². The van der Waals surface area contributed by atoms with Gasteiger partial charge in [0.25, 0.3) is 0 Å². The second kappa shape index (κ2) is 15.9. The lowest BCUT2D eigenvalue weighted by molar-refractivity contribution is -0.0365. The first kappa shape index (κ1) is 35.8. The van der Waals surface area contributed by atoms with Crippen LogP contribution in [0.1, 0.15) is 69.4 Å². The normalized spacial score (nSPS) is 15.4. The van der Waals surface area contributed by atoms with Gasteiger partial charge < -0.3 is 13.9 Å². The molecule has 1 unspecified atom stereocenters. The number of benzene rings is 4. The predicted octanol–water partition coefficient (Wildman–Crippen LogP) is 10.9. The molecule has 1 fully saturated rings. The van der Waals surface area contributed by atoms with Crippen LogP contribution >= 0.6 is 0 Å². The van der Waals surface area contributed by atoms with Crippen molar-refractivity contribution in [1.29, 1.82) is 0 Å². The molecule has 1 saturated heterocycles. The fraction of sp³-hybridized carbons (Fsp3) is 0.372. The van der Waals surface area contributed by atoms with Crippen molar-refractivity contribution in [2.45, 2.75) is 90.5 Å². The second-order valence-electron chi connectivity index (χ2n) is 15.1. The number of hydrogen-bond acceptors (Lipinski definition) is 5. The molecule has 6 rings (SSSR count). The molecule has 0 aliphatic carbocycles. The summed E-state index contributed by atoms with van der Waals surface area (Å²) in [6, 6.07) is 36.2. The van der Waals surface area contributed by atoms with E-state index in [1.165, 1.54) is 11.1 Å². The van der Waals surface area contributed by atoms with Crippen molar-refractivity contribution in [1.82, 2.24) is 14.7 Å². The zero-order valence-electron chi connectivity index (χ0n) is 30.5. The number of rotatable bonds is 14. The Morgan fingerprint density at radius 2 is 1.56 bits per heavy atom. The Kier molecular flexibility index (Phi) is 11.4. The van der Waals surface area contributed by atoms with Crippen LogP contribution in [0, 0.1) is 0 Å². The molecule has 0 N–H and O–H groups in total. The standard InChI is InChI=1S/C43H53N3O3Si/c1-33(25-26-45(30-34-16-9-7-10-17-34)31-35-18-11-8-12-19-35)49-38-23-24-40-39(29-38)42(44-46(40)41-22-13-14-27-47-41)37-21-15-20-36(28-37)32-48-50(5,6)43(2,3)4/h7-12,15-21,23-24,28-29,41H,1,13-14,22,25-27,30-32H2,2-6H3. The Labute approximate surface area is 299 Å². The highest BCUT2D eigenvalue weighted by Gasteiger charge is 2.37. The average molecular weight is 688 g/mol. The maximum Gasteiger partial charge on any atom is 0.192 e. The van der Waals surface area contributed by atoms with Gasteiger partial charge >= 0.3 is 0 Å². The van der Waals surface area contributed by atoms with Gasteiger partial charge in [0.1, 0.15) is 11.4 Å². The van der Waals surface area contributed by atoms with Gasteiger partial charge in [-0.25, -0.2) is 4.68 Å². The molecule has 2 heterocycles. The van der Waals surface area contributed by atoms with E-state index in [1.54, 1.807) is 0 Å². The summed E-state index contributed by atoms with van der Waals surface area (Å²) in [7, 11) is -1.89. The molecule has 0 saturated carbocycles. The lowest BCUT2D eigenvalue weighted by Crippen LogP contribution is -2.40. The Balaban J connectivity index is 1.22. The number of ether oxygens (including phenoxy) is 2. The maximum atomic E-state index is 6.59. The third-order valence-corrected chi connectivity index (χ3v) is 14.7. The predicted molar refractivity (Wildman–Crippen MR) is 207 cm³/mol. The van der Waals surface area contributed by atoms with Gasteiger partial charge in [0.2, 0.25) is 0 Å². The zero-order chi connectivity index (χ0) is 35.1. The third kappa shape index (κ3) is 9.01. The first-order valence-electron chi connectivity index (χ1n) is 18.1. The summed E-state index contributed by atoms with van der Waals surface area (Å²) < 4.78 is 21.3. The van der Waals surface area contributed by atoms with Crippen LogP contribution in [0.15, 0.2) is 115 Å². The van der Waals surface area contributed by atoms with E-state index in [2.05, 4.69) is 147 Å². The van der Waals surface area contributed by atoms with Crippen molar-refractivity contribution in [3.63, 3.8) is 0 Å². The van der Waals surface area contributed by atoms with Crippen LogP contribution in [0.2, 0.25) is 18.1 Å². The molecular formula is C43H53N3O3Si. The molecule has 1 atom stereocenters. The number of aromatic nitrogens is 2. The van der Waals surface area contributed by atoms with Gasteiger partial charge in [-0.05, 0) is 78.4 Å². The molecular weight excluding hydrogens is 635 g/mol. The van der Waals surface area contributed by atoms with Crippen LogP contribution < -0.4 is 4.74 Å². The molecule has 6 nitrogen and oxygen atoms in total. The van der Waals surface area contributed by atoms with Gasteiger partial charge in [0, 0.05) is 43.6 Å². The Morgan fingerprint density at radius 3 is 2.20 bits per heavy atom. The van der Waals surface area contributed by atoms with E-state index in [4.69, 9.17) is 19.0 Å². The summed E-state index contributed by atoms with van der Waals surface area (Å²) in [6.07, 6.45) is 3.82. The summed E-state index contributed by atoms with van der Waals surface area (Å²) in [6.45, 7) is 19.7. The van der Waals surface area contributed by atoms with E-state index < -0.39 is 8.32 Å². The van der Waals surface area contributed by atoms with Crippen molar-refractivity contribution >= 4 is 19.2 Å². The molecule has 0 radical (unpaired) electrons. The van der Waals surface area contributed by atoms with E-state index in [0.29, 0.717) is 6.61 Å². The highest BCUT2D eigenvalue weighted by molar-refractivity contribution is 6.74. The van der Waals surface area contributed by atoms with Crippen molar-refractivity contribution in [2.75, 3.05) is 13.2 Å². The Bertz CT molecular complexity index is 1820. The molecule has 0 spiro atoms. The molecule has 262 valence electrons. The molecule has 1 aromatic heterocycles. The van der Waals surface area contributed by atoms with E-state index >= 15 is 0 Å². The number of hydrogen-bond donors (Lipinski definition) is 0. The van der Waals surface area contributed by atoms with Crippen LogP contribution in [-0.4, -0.2) is 36.1 Å². The smallest absolute Gasteiger partial charge is 0.192 e. The first-order chi connectivity index (χ1) is 24.1. The van der Waals surface area contributed by atoms with Gasteiger partial charge in [-0.15, -0.1) is 0 Å². The molecule has 1 aliphatic heterocycles. The van der Waals surface area contributed by atoms with E-state index in [1.807, 2.05) is 6.07 Å². The molecule has 1 aliphatic rings. The van der Waals surface area contributed by atoms with Crippen LogP contribution in [0.3, 0.4) is 0 Å². The van der Waals surface area contributed by atoms with E-state index in [-0.39, 0.29) is 11.3 Å². The summed E-state index contributed by atoms with van der Waals surface area (Å²) in [5.41, 5.74) is 6.78. The number of fused-ring (bicyclic) bond motifs is 1. The van der Waals surface area contributed by atoms with Gasteiger partial charge in [-0.2, -0.15) is 5.10 Å². The molecule has 50 heavy (non-hydrogen) atoms. The van der Waals surface area contributed by atoms with E-state index in [0.717, 1.165) is 91.2 Å². The fourth-order valence-corrected chi connectivity index (χ4v) is 7.18. The van der Waals surface area contributed by atoms with Crippen LogP contribution in [0.4, 0.5) is 0 Å². The third-order valence-electron chi connectivity index (χ3n) is 10.2. The van der Waals surface area contributed by atoms with Crippen molar-refractivity contribution in [2.24, 2.45) is 0 Å². The molecule has 7 heteroatoms. The molecule has 0 bridgehead atoms. The molecule has 4 aromatic carbocycles.